The summed E-state index contributed by atoms with van der Waals surface area (Å²) in [7, 11) is -9.94. The van der Waals surface area contributed by atoms with Crippen molar-refractivity contribution in [3.05, 3.63) is 118 Å². The molecule has 0 aromatic heterocycles. The Morgan fingerprint density at radius 3 is 1.53 bits per heavy atom. The molecule has 0 saturated carbocycles. The van der Waals surface area contributed by atoms with E-state index >= 15 is 0 Å². The summed E-state index contributed by atoms with van der Waals surface area (Å²) in [6.45, 7) is 2.11. The van der Waals surface area contributed by atoms with Gasteiger partial charge in [0.05, 0.1) is 32.6 Å². The summed E-state index contributed by atoms with van der Waals surface area (Å²) in [6.07, 6.45) is 0. The van der Waals surface area contributed by atoms with Crippen LogP contribution < -0.4 is 120 Å². The van der Waals surface area contributed by atoms with Gasteiger partial charge in [0.25, 0.3) is 16.0 Å². The number of benzene rings is 4. The molecule has 0 heterocycles. The van der Waals surface area contributed by atoms with Crippen LogP contribution in [0.1, 0.15) is 13.8 Å². The quantitative estimate of drug-likeness (QED) is 0.0286. The van der Waals surface area contributed by atoms with E-state index in [2.05, 4.69) is 30.8 Å². The standard InChI is InChI=1S/2C16H14ClN3O6S.Co.3Na/c2*1-9(21)14(16(23)18-11-5-3-2-4-6-11)20-19-12-7-10(17)8-13(15(12)22)27(24,25)26;;;;/h2*2-8,21-22H,1H3,(H,18,23)(H,24,25,26);;;;/q;;+3;3*+1/p-6. The molecule has 18 nitrogen and oxygen atoms in total. The zero-order valence-electron chi connectivity index (χ0n) is 30.7. The predicted octanol–water partition coefficient (Wildman–Crippen LogP) is -5.93. The van der Waals surface area contributed by atoms with Gasteiger partial charge in [-0.25, -0.2) is 8.42 Å². The molecule has 0 unspecified atom stereocenters. The minimum atomic E-state index is -5.10. The maximum atomic E-state index is 12.2. The number of carbonyl (C=O) groups excluding carboxylic acids is 1. The van der Waals surface area contributed by atoms with Crippen molar-refractivity contribution in [3.8, 4) is 11.5 Å². The largest absolute Gasteiger partial charge is 3.00 e. The molecule has 0 spiro atoms. The second kappa shape index (κ2) is 26.1. The third-order valence-corrected chi connectivity index (χ3v) is 8.30. The summed E-state index contributed by atoms with van der Waals surface area (Å²) >= 11 is 11.4. The Morgan fingerprint density at radius 2 is 1.10 bits per heavy atom. The molecule has 0 aliphatic heterocycles. The van der Waals surface area contributed by atoms with Gasteiger partial charge in [0.15, 0.2) is 0 Å². The van der Waals surface area contributed by atoms with E-state index in [1.165, 1.54) is 12.1 Å². The summed E-state index contributed by atoms with van der Waals surface area (Å²) in [5.41, 5.74) is -1.83. The smallest absolute Gasteiger partial charge is 0.874 e. The fourth-order valence-corrected chi connectivity index (χ4v) is 5.54. The Kier molecular flexibility index (Phi) is 25.9. The molecular formula is C32H22Cl2CoN6Na3O12S2. The van der Waals surface area contributed by atoms with E-state index < -0.39 is 87.6 Å². The first-order valence-electron chi connectivity index (χ1n) is 14.4. The van der Waals surface area contributed by atoms with Crippen LogP contribution in [-0.2, 0) is 41.8 Å². The van der Waals surface area contributed by atoms with E-state index in [1.807, 2.05) is 0 Å². The van der Waals surface area contributed by atoms with E-state index in [9.17, 15) is 51.7 Å². The molecule has 0 atom stereocenters. The Morgan fingerprint density at radius 1 is 0.690 bits per heavy atom. The van der Waals surface area contributed by atoms with E-state index in [0.717, 1.165) is 32.0 Å². The van der Waals surface area contributed by atoms with Gasteiger partial charge in [-0.15, -0.1) is 16.6 Å². The molecule has 0 aliphatic carbocycles. The normalized spacial score (nSPS) is 12.3. The number of hydrogen-bond acceptors (Lipinski definition) is 16. The van der Waals surface area contributed by atoms with Crippen LogP contribution in [0.25, 0.3) is 0 Å². The van der Waals surface area contributed by atoms with Crippen LogP contribution in [0.3, 0.4) is 0 Å². The number of amides is 1. The molecule has 0 aliphatic rings. The average Bonchev–Trinajstić information content (AvgIpc) is 3.07. The van der Waals surface area contributed by atoms with E-state index in [0.29, 0.717) is 11.8 Å². The zero-order valence-corrected chi connectivity index (χ0v) is 40.8. The van der Waals surface area contributed by atoms with Crippen molar-refractivity contribution in [2.24, 2.45) is 25.4 Å². The third-order valence-electron chi connectivity index (χ3n) is 6.17. The molecule has 0 bridgehead atoms. The number of hydrogen-bond donors (Lipinski definition) is 2. The Bertz CT molecular complexity index is 2440. The molecular weight excluding hydrogens is 923 g/mol. The molecule has 0 radical (unpaired) electrons. The van der Waals surface area contributed by atoms with Gasteiger partial charge in [-0.05, 0) is 48.5 Å². The number of nitrogens with zero attached hydrogens (tertiary/aromatic N) is 5. The summed E-state index contributed by atoms with van der Waals surface area (Å²) in [5.74, 6) is -5.85. The summed E-state index contributed by atoms with van der Waals surface area (Å²) in [6, 6.07) is 19.6. The number of carbonyl (C=O) groups is 1. The van der Waals surface area contributed by atoms with Crippen molar-refractivity contribution >= 4 is 78.0 Å². The van der Waals surface area contributed by atoms with E-state index in [1.54, 1.807) is 48.5 Å². The minimum absolute atomic E-state index is 0. The molecule has 58 heavy (non-hydrogen) atoms. The summed E-state index contributed by atoms with van der Waals surface area (Å²) < 4.78 is 64.8. The van der Waals surface area contributed by atoms with Crippen molar-refractivity contribution < 1.29 is 162 Å². The fourth-order valence-electron chi connectivity index (χ4n) is 3.77. The second-order valence-corrected chi connectivity index (χ2v) is 13.8. The molecule has 0 fully saturated rings. The van der Waals surface area contributed by atoms with Crippen LogP contribution in [0, 0.1) is 0 Å². The Hall–Kier alpha value is -2.39. The number of aliphatic imine (C=N–C) groups is 1. The molecule has 1 amide bonds. The van der Waals surface area contributed by atoms with Crippen LogP contribution in [-0.4, -0.2) is 37.7 Å². The SMILES string of the molecule is CC([O-])=C(N=Nc1cc(Cl)cc(S(=O)(=O)O)c1[O-])C(=O)Nc1ccccc1.CC([O-])=C(N=Nc1cc(Cl)cc(S(=O)(=O)[O-])c1[O-])C([O-])=Nc1ccccc1.[Co+3].[Na+].[Na+].[Na+]. The van der Waals surface area contributed by atoms with Crippen LogP contribution in [0.4, 0.5) is 22.7 Å². The van der Waals surface area contributed by atoms with Crippen LogP contribution in [0.2, 0.25) is 10.0 Å². The number of allylic oxidation sites excluding steroid dienone is 2. The molecule has 2 N–H and O–H groups in total. The Balaban J connectivity index is 0. The van der Waals surface area contributed by atoms with Crippen LogP contribution >= 0.6 is 23.2 Å². The predicted molar refractivity (Wildman–Crippen MR) is 183 cm³/mol. The first kappa shape index (κ1) is 57.7. The molecule has 290 valence electrons. The molecule has 4 rings (SSSR count). The van der Waals surface area contributed by atoms with E-state index in [4.69, 9.17) is 27.8 Å². The molecule has 0 saturated heterocycles. The van der Waals surface area contributed by atoms with Gasteiger partial charge in [0, 0.05) is 21.6 Å². The average molecular weight is 946 g/mol. The number of para-hydroxylation sites is 2. The topological polar surface area (TPSA) is 318 Å². The maximum Gasteiger partial charge on any atom is 3.00 e. The number of azo groups is 2. The van der Waals surface area contributed by atoms with Gasteiger partial charge in [-0.1, -0.05) is 84.9 Å². The van der Waals surface area contributed by atoms with Crippen LogP contribution in [0.15, 0.2) is 143 Å². The van der Waals surface area contributed by atoms with Crippen molar-refractivity contribution in [2.75, 3.05) is 5.32 Å². The Labute approximate surface area is 418 Å². The van der Waals surface area contributed by atoms with Crippen molar-refractivity contribution in [3.63, 3.8) is 0 Å². The van der Waals surface area contributed by atoms with Crippen molar-refractivity contribution in [1.82, 2.24) is 0 Å². The maximum absolute atomic E-state index is 12.2. The summed E-state index contributed by atoms with van der Waals surface area (Å²) in [4.78, 5) is 13.8. The van der Waals surface area contributed by atoms with Crippen molar-refractivity contribution in [1.29, 1.82) is 0 Å². The van der Waals surface area contributed by atoms with E-state index in [-0.39, 0.29) is 121 Å². The summed E-state index contributed by atoms with van der Waals surface area (Å²) in [5, 5.41) is 75.2. The van der Waals surface area contributed by atoms with Gasteiger partial charge in [-0.2, -0.15) is 23.8 Å². The van der Waals surface area contributed by atoms with Gasteiger partial charge >= 0.3 is 105 Å². The number of rotatable bonds is 10. The number of nitrogens with one attached hydrogen (secondary N) is 1. The minimum Gasteiger partial charge on any atom is -0.874 e. The van der Waals surface area contributed by atoms with Gasteiger partial charge < -0.3 is 35.4 Å². The first-order chi connectivity index (χ1) is 25.2. The first-order valence-corrected chi connectivity index (χ1v) is 18.0. The van der Waals surface area contributed by atoms with Gasteiger partial charge in [-0.3, -0.25) is 14.3 Å². The number of halogens is 2. The molecule has 4 aromatic carbocycles. The van der Waals surface area contributed by atoms with Crippen LogP contribution in [0.5, 0.6) is 11.5 Å². The van der Waals surface area contributed by atoms with Gasteiger partial charge in [0.2, 0.25) is 0 Å². The van der Waals surface area contributed by atoms with Gasteiger partial charge in [0.1, 0.15) is 15.8 Å². The molecule has 26 heteroatoms. The second-order valence-electron chi connectivity index (χ2n) is 10.2. The fraction of sp³-hybridized carbons (Fsp3) is 0.0625. The third kappa shape index (κ3) is 17.7. The van der Waals surface area contributed by atoms with Crippen molar-refractivity contribution in [2.45, 2.75) is 23.6 Å². The zero-order chi connectivity index (χ0) is 40.4. The monoisotopic (exact) mass is 944 g/mol. The molecule has 4 aromatic rings. The number of anilines is 1.